The average Bonchev–Trinajstić information content (AvgIpc) is 2.26. The van der Waals surface area contributed by atoms with Gasteiger partial charge in [0.1, 0.15) is 7.05 Å². The predicted molar refractivity (Wildman–Crippen MR) is 68.6 cm³/mol. The molecule has 0 aliphatic rings. The number of hydrogen-bond donors (Lipinski definition) is 1. The third-order valence-corrected chi connectivity index (χ3v) is 2.77. The molecule has 0 atom stereocenters. The van der Waals surface area contributed by atoms with Gasteiger partial charge in [-0.05, 0) is 23.9 Å². The maximum Gasteiger partial charge on any atom is 0.274 e. The second kappa shape index (κ2) is 11.5. The molecule has 92 valence electrons. The number of hydrogen-bond acceptors (Lipinski definition) is 2. The number of rotatable bonds is 0. The number of nitrogens with zero attached hydrogens (tertiary/aromatic N) is 2. The van der Waals surface area contributed by atoms with Crippen LogP contribution in [0.4, 0.5) is 0 Å². The summed E-state index contributed by atoms with van der Waals surface area (Å²) in [5.41, 5.74) is 0. The van der Waals surface area contributed by atoms with E-state index in [2.05, 4.69) is 10.3 Å². The highest BCUT2D eigenvalue weighted by Gasteiger charge is 1.94. The van der Waals surface area contributed by atoms with Gasteiger partial charge in [0.05, 0.1) is 0 Å². The second-order valence-electron chi connectivity index (χ2n) is 2.62. The number of halogens is 2. The molecule has 0 bridgehead atoms. The van der Waals surface area contributed by atoms with Crippen LogP contribution in [0.3, 0.4) is 0 Å². The summed E-state index contributed by atoms with van der Waals surface area (Å²) < 4.78 is 1.85. The number of aromatic nitrogens is 1. The van der Waals surface area contributed by atoms with Crippen LogP contribution in [-0.4, -0.2) is 25.5 Å². The molecular formula is C10H17ClIN3S. The largest absolute Gasteiger partial charge is 1.00 e. The summed E-state index contributed by atoms with van der Waals surface area (Å²) in [5.74, 6) is 0. The van der Waals surface area contributed by atoms with Crippen molar-refractivity contribution >= 4 is 28.5 Å². The van der Waals surface area contributed by atoms with E-state index in [9.17, 15) is 0 Å². The van der Waals surface area contributed by atoms with Crippen LogP contribution in [0.2, 0.25) is 5.15 Å². The van der Waals surface area contributed by atoms with Gasteiger partial charge < -0.3 is 29.3 Å². The molecule has 0 unspecified atom stereocenters. The first-order valence-electron chi connectivity index (χ1n) is 4.44. The molecule has 0 aliphatic heterocycles. The molecule has 0 amide bonds. The van der Waals surface area contributed by atoms with Crippen molar-refractivity contribution in [2.75, 3.05) is 20.4 Å². The third kappa shape index (κ3) is 8.18. The summed E-state index contributed by atoms with van der Waals surface area (Å²) >= 11 is 7.28. The molecule has 1 N–H and O–H groups in total. The molecule has 3 nitrogen and oxygen atoms in total. The van der Waals surface area contributed by atoms with Crippen LogP contribution in [0.1, 0.15) is 0 Å². The Kier molecular flexibility index (Phi) is 13.2. The Hall–Kier alpha value is -0.0100. The molecule has 0 fully saturated rings. The lowest BCUT2D eigenvalue weighted by molar-refractivity contribution is -0.669. The van der Waals surface area contributed by atoms with Gasteiger partial charge in [-0.3, -0.25) is 4.99 Å². The van der Waals surface area contributed by atoms with E-state index >= 15 is 0 Å². The lowest BCUT2D eigenvalue weighted by Crippen LogP contribution is -3.00. The molecular weight excluding hydrogens is 357 g/mol. The Morgan fingerprint density at radius 2 is 2.12 bits per heavy atom. The summed E-state index contributed by atoms with van der Waals surface area (Å²) in [4.78, 5) is 3.89. The Bertz CT molecular complexity index is 294. The van der Waals surface area contributed by atoms with Gasteiger partial charge in [-0.15, -0.1) is 0 Å². The highest BCUT2D eigenvalue weighted by atomic mass is 127. The topological polar surface area (TPSA) is 28.3 Å². The van der Waals surface area contributed by atoms with Crippen LogP contribution >= 0.6 is 23.4 Å². The third-order valence-electron chi connectivity index (χ3n) is 1.60. The zero-order chi connectivity index (χ0) is 11.7. The number of pyridine rings is 1. The first-order valence-corrected chi connectivity index (χ1v) is 6.04. The molecule has 1 aromatic heterocycles. The molecule has 0 aromatic carbocycles. The van der Waals surface area contributed by atoms with Crippen molar-refractivity contribution in [1.29, 1.82) is 0 Å². The van der Waals surface area contributed by atoms with Crippen molar-refractivity contribution < 1.29 is 28.5 Å². The highest BCUT2D eigenvalue weighted by molar-refractivity contribution is 8.13. The number of amidine groups is 1. The normalized spacial score (nSPS) is 9.69. The second-order valence-corrected chi connectivity index (χ2v) is 3.80. The minimum atomic E-state index is 0. The fraction of sp³-hybridized carbons (Fsp3) is 0.400. The van der Waals surface area contributed by atoms with Gasteiger partial charge in [-0.1, -0.05) is 11.8 Å². The Morgan fingerprint density at radius 1 is 1.50 bits per heavy atom. The van der Waals surface area contributed by atoms with E-state index in [1.54, 1.807) is 18.8 Å². The molecule has 1 aromatic rings. The molecule has 0 saturated carbocycles. The van der Waals surface area contributed by atoms with Gasteiger partial charge in [0.25, 0.3) is 5.15 Å². The van der Waals surface area contributed by atoms with Crippen LogP contribution < -0.4 is 33.9 Å². The predicted octanol–water partition coefficient (Wildman–Crippen LogP) is -1.28. The molecule has 0 saturated heterocycles. The zero-order valence-electron chi connectivity index (χ0n) is 9.87. The monoisotopic (exact) mass is 373 g/mol. The molecule has 1 rings (SSSR count). The van der Waals surface area contributed by atoms with Crippen molar-refractivity contribution in [3.05, 3.63) is 29.5 Å². The van der Waals surface area contributed by atoms with Crippen LogP contribution in [0.25, 0.3) is 0 Å². The Labute approximate surface area is 124 Å². The lowest BCUT2D eigenvalue weighted by atomic mass is 10.5. The van der Waals surface area contributed by atoms with Gasteiger partial charge in [0.2, 0.25) is 0 Å². The molecule has 0 radical (unpaired) electrons. The summed E-state index contributed by atoms with van der Waals surface area (Å²) in [6.45, 7) is 0. The van der Waals surface area contributed by atoms with Crippen LogP contribution in [0, 0.1) is 0 Å². The SMILES string of the molecule is CN=C(NC)SC.C[n+]1ccccc1Cl.[I-]. The number of aliphatic imine (C=N–C) groups is 1. The average molecular weight is 374 g/mol. The van der Waals surface area contributed by atoms with E-state index in [-0.39, 0.29) is 24.0 Å². The van der Waals surface area contributed by atoms with Gasteiger partial charge >= 0.3 is 0 Å². The van der Waals surface area contributed by atoms with Crippen molar-refractivity contribution in [3.63, 3.8) is 0 Å². The summed E-state index contributed by atoms with van der Waals surface area (Å²) in [6, 6.07) is 5.69. The van der Waals surface area contributed by atoms with Gasteiger partial charge in [0.15, 0.2) is 11.4 Å². The summed E-state index contributed by atoms with van der Waals surface area (Å²) in [6.07, 6.45) is 3.89. The van der Waals surface area contributed by atoms with Crippen LogP contribution in [0.5, 0.6) is 0 Å². The minimum absolute atomic E-state index is 0. The zero-order valence-corrected chi connectivity index (χ0v) is 13.6. The number of aryl methyl sites for hydroxylation is 1. The first kappa shape index (κ1) is 18.4. The van der Waals surface area contributed by atoms with E-state index in [4.69, 9.17) is 11.6 Å². The van der Waals surface area contributed by atoms with Crippen LogP contribution in [0.15, 0.2) is 29.4 Å². The summed E-state index contributed by atoms with van der Waals surface area (Å²) in [7, 11) is 5.53. The van der Waals surface area contributed by atoms with Gasteiger partial charge in [-0.25, -0.2) is 0 Å². The van der Waals surface area contributed by atoms with E-state index in [0.29, 0.717) is 0 Å². The Morgan fingerprint density at radius 3 is 2.31 bits per heavy atom. The number of thioether (sulfide) groups is 1. The van der Waals surface area contributed by atoms with Crippen molar-refractivity contribution in [2.45, 2.75) is 0 Å². The lowest BCUT2D eigenvalue weighted by Gasteiger charge is -1.95. The van der Waals surface area contributed by atoms with E-state index < -0.39 is 0 Å². The van der Waals surface area contributed by atoms with Crippen molar-refractivity contribution in [2.24, 2.45) is 12.0 Å². The standard InChI is InChI=1S/C6H7ClN.C4H10N2S.HI/c1-8-5-3-2-4-6(8)7;1-5-4(6-2)7-3;/h2-5H,1H3;1-3H3,(H,5,6);1H/q+1;;/p-1. The first-order chi connectivity index (χ1) is 7.15. The fourth-order valence-corrected chi connectivity index (χ4v) is 1.32. The molecule has 6 heteroatoms. The smallest absolute Gasteiger partial charge is 0.274 e. The van der Waals surface area contributed by atoms with Gasteiger partial charge in [0, 0.05) is 26.2 Å². The molecule has 0 aliphatic carbocycles. The number of nitrogens with one attached hydrogen (secondary N) is 1. The van der Waals surface area contributed by atoms with Crippen LogP contribution in [-0.2, 0) is 7.05 Å². The van der Waals surface area contributed by atoms with E-state index in [1.165, 1.54) is 0 Å². The molecule has 16 heavy (non-hydrogen) atoms. The van der Waals surface area contributed by atoms with Gasteiger partial charge in [-0.2, -0.15) is 4.57 Å². The maximum absolute atomic E-state index is 5.67. The van der Waals surface area contributed by atoms with Crippen molar-refractivity contribution in [1.82, 2.24) is 5.32 Å². The molecule has 0 spiro atoms. The van der Waals surface area contributed by atoms with E-state index in [1.807, 2.05) is 49.3 Å². The fourth-order valence-electron chi connectivity index (χ4n) is 0.808. The quantitative estimate of drug-likeness (QED) is 0.202. The minimum Gasteiger partial charge on any atom is -1.00 e. The summed E-state index contributed by atoms with van der Waals surface area (Å²) in [5, 5.41) is 4.64. The van der Waals surface area contributed by atoms with E-state index in [0.717, 1.165) is 10.3 Å². The molecule has 1 heterocycles. The Balaban J connectivity index is 0. The van der Waals surface area contributed by atoms with Crippen molar-refractivity contribution in [3.8, 4) is 0 Å². The maximum atomic E-state index is 5.67. The highest BCUT2D eigenvalue weighted by Crippen LogP contribution is 1.95.